The van der Waals surface area contributed by atoms with Crippen molar-refractivity contribution in [1.82, 2.24) is 10.2 Å². The molecule has 206 valence electrons. The van der Waals surface area contributed by atoms with E-state index in [-0.39, 0.29) is 36.8 Å². The van der Waals surface area contributed by atoms with E-state index >= 15 is 0 Å². The first-order valence-corrected chi connectivity index (χ1v) is 13.5. The standard InChI is InChI=1S/C31H31N3O6/c1-38-22-13-11-20(12-14-22)16-32-29(35)21-6-5-15-33(17-21)25-8-4-7-24-28(25)31(37)34(30(24)36)18-23-19-39-26-9-2-3-10-27(26)40-23/h2-4,7-14,21,23H,5-6,15-19H2,1H3,(H,32,35)/t21-,23+/m1/s1. The van der Waals surface area contributed by atoms with Crippen LogP contribution in [0.15, 0.2) is 66.7 Å². The van der Waals surface area contributed by atoms with Crippen molar-refractivity contribution < 1.29 is 28.6 Å². The van der Waals surface area contributed by atoms with Crippen LogP contribution in [-0.2, 0) is 11.3 Å². The number of rotatable bonds is 7. The number of benzene rings is 3. The quantitative estimate of drug-likeness (QED) is 0.456. The summed E-state index contributed by atoms with van der Waals surface area (Å²) in [5.74, 6) is 1.09. The molecule has 0 aromatic heterocycles. The molecule has 0 spiro atoms. The van der Waals surface area contributed by atoms with Crippen LogP contribution in [-0.4, -0.2) is 62.1 Å². The molecule has 0 unspecified atom stereocenters. The maximum absolute atomic E-state index is 13.6. The summed E-state index contributed by atoms with van der Waals surface area (Å²) in [6, 6.07) is 20.3. The van der Waals surface area contributed by atoms with Gasteiger partial charge in [0.2, 0.25) is 5.91 Å². The molecule has 0 radical (unpaired) electrons. The average molecular weight is 542 g/mol. The van der Waals surface area contributed by atoms with Crippen molar-refractivity contribution >= 4 is 23.4 Å². The van der Waals surface area contributed by atoms with Gasteiger partial charge in [-0.1, -0.05) is 30.3 Å². The first-order valence-electron chi connectivity index (χ1n) is 13.5. The summed E-state index contributed by atoms with van der Waals surface area (Å²) in [5.41, 5.74) is 2.45. The van der Waals surface area contributed by atoms with Gasteiger partial charge >= 0.3 is 0 Å². The summed E-state index contributed by atoms with van der Waals surface area (Å²) < 4.78 is 17.0. The fraction of sp³-hybridized carbons (Fsp3) is 0.323. The number of piperidine rings is 1. The number of anilines is 1. The number of nitrogens with one attached hydrogen (secondary N) is 1. The zero-order chi connectivity index (χ0) is 27.6. The fourth-order valence-corrected chi connectivity index (χ4v) is 5.59. The van der Waals surface area contributed by atoms with Crippen LogP contribution in [0.5, 0.6) is 17.2 Å². The van der Waals surface area contributed by atoms with E-state index in [1.165, 1.54) is 4.90 Å². The zero-order valence-corrected chi connectivity index (χ0v) is 22.3. The Labute approximate surface area is 232 Å². The van der Waals surface area contributed by atoms with Gasteiger partial charge in [0.15, 0.2) is 17.6 Å². The molecule has 1 N–H and O–H groups in total. The van der Waals surface area contributed by atoms with Crippen LogP contribution in [0.25, 0.3) is 0 Å². The van der Waals surface area contributed by atoms with Crippen LogP contribution in [0.3, 0.4) is 0 Å². The van der Waals surface area contributed by atoms with Gasteiger partial charge < -0.3 is 24.4 Å². The second-order valence-corrected chi connectivity index (χ2v) is 10.3. The lowest BCUT2D eigenvalue weighted by Crippen LogP contribution is -2.44. The highest BCUT2D eigenvalue weighted by Gasteiger charge is 2.41. The molecule has 40 heavy (non-hydrogen) atoms. The number of imide groups is 1. The Morgan fingerprint density at radius 2 is 1.80 bits per heavy atom. The third-order valence-corrected chi connectivity index (χ3v) is 7.69. The van der Waals surface area contributed by atoms with Gasteiger partial charge in [0.05, 0.1) is 36.4 Å². The van der Waals surface area contributed by atoms with Crippen molar-refractivity contribution in [3.63, 3.8) is 0 Å². The Bertz CT molecular complexity index is 1440. The number of carbonyl (C=O) groups is 3. The summed E-state index contributed by atoms with van der Waals surface area (Å²) in [6.45, 7) is 1.95. The van der Waals surface area contributed by atoms with Gasteiger partial charge in [-0.05, 0) is 54.8 Å². The minimum Gasteiger partial charge on any atom is -0.497 e. The van der Waals surface area contributed by atoms with E-state index in [2.05, 4.69) is 10.2 Å². The maximum Gasteiger partial charge on any atom is 0.263 e. The van der Waals surface area contributed by atoms with Crippen LogP contribution in [0.4, 0.5) is 5.69 Å². The summed E-state index contributed by atoms with van der Waals surface area (Å²) in [7, 11) is 1.62. The number of hydrogen-bond acceptors (Lipinski definition) is 7. The van der Waals surface area contributed by atoms with Gasteiger partial charge in [0.1, 0.15) is 12.4 Å². The molecule has 1 saturated heterocycles. The van der Waals surface area contributed by atoms with E-state index in [4.69, 9.17) is 14.2 Å². The molecule has 3 heterocycles. The summed E-state index contributed by atoms with van der Waals surface area (Å²) in [4.78, 5) is 43.3. The van der Waals surface area contributed by atoms with E-state index in [0.717, 1.165) is 24.2 Å². The van der Waals surface area contributed by atoms with Crippen LogP contribution >= 0.6 is 0 Å². The van der Waals surface area contributed by atoms with E-state index in [9.17, 15) is 14.4 Å². The van der Waals surface area contributed by atoms with Crippen molar-refractivity contribution in [3.8, 4) is 17.2 Å². The molecule has 2 atom stereocenters. The van der Waals surface area contributed by atoms with E-state index in [1.807, 2.05) is 54.6 Å². The van der Waals surface area contributed by atoms with Gasteiger partial charge in [-0.2, -0.15) is 0 Å². The highest BCUT2D eigenvalue weighted by atomic mass is 16.6. The van der Waals surface area contributed by atoms with E-state index in [1.54, 1.807) is 19.2 Å². The molecule has 1 fully saturated rings. The second kappa shape index (κ2) is 10.9. The largest absolute Gasteiger partial charge is 0.497 e. The molecule has 3 aromatic rings. The number of amides is 3. The number of ether oxygens (including phenoxy) is 3. The molecule has 0 bridgehead atoms. The minimum absolute atomic E-state index is 0.0214. The van der Waals surface area contributed by atoms with Crippen LogP contribution < -0.4 is 24.4 Å². The van der Waals surface area contributed by atoms with Crippen molar-refractivity contribution in [1.29, 1.82) is 0 Å². The second-order valence-electron chi connectivity index (χ2n) is 10.3. The molecular weight excluding hydrogens is 510 g/mol. The van der Waals surface area contributed by atoms with Gasteiger partial charge in [0.25, 0.3) is 11.8 Å². The summed E-state index contributed by atoms with van der Waals surface area (Å²) in [6.07, 6.45) is 1.11. The molecule has 3 aromatic carbocycles. The lowest BCUT2D eigenvalue weighted by Gasteiger charge is -2.34. The van der Waals surface area contributed by atoms with Crippen LogP contribution in [0.1, 0.15) is 39.1 Å². The first-order chi connectivity index (χ1) is 19.5. The SMILES string of the molecule is COc1ccc(CNC(=O)[C@@H]2CCCN(c3cccc4c3C(=O)N(C[C@H]3COc5ccccc5O3)C4=O)C2)cc1. The molecule has 3 amide bonds. The molecule has 6 rings (SSSR count). The van der Waals surface area contributed by atoms with Gasteiger partial charge in [-0.25, -0.2) is 0 Å². The predicted molar refractivity (Wildman–Crippen MR) is 148 cm³/mol. The van der Waals surface area contributed by atoms with Crippen molar-refractivity contribution in [2.45, 2.75) is 25.5 Å². The molecule has 3 aliphatic heterocycles. The lowest BCUT2D eigenvalue weighted by atomic mass is 9.95. The highest BCUT2D eigenvalue weighted by molar-refractivity contribution is 6.23. The Balaban J connectivity index is 1.13. The van der Waals surface area contributed by atoms with Gasteiger partial charge in [0, 0.05) is 19.6 Å². The molecule has 0 aliphatic carbocycles. The third kappa shape index (κ3) is 4.95. The monoisotopic (exact) mass is 541 g/mol. The van der Waals surface area contributed by atoms with E-state index < -0.39 is 6.10 Å². The molecule has 0 saturated carbocycles. The number of methoxy groups -OCH3 is 1. The molecule has 3 aliphatic rings. The fourth-order valence-electron chi connectivity index (χ4n) is 5.59. The molecule has 9 heteroatoms. The van der Waals surface area contributed by atoms with Crippen molar-refractivity contribution in [2.75, 3.05) is 38.3 Å². The van der Waals surface area contributed by atoms with Crippen LogP contribution in [0, 0.1) is 5.92 Å². The topological polar surface area (TPSA) is 97.4 Å². The zero-order valence-electron chi connectivity index (χ0n) is 22.3. The first kappa shape index (κ1) is 25.7. The number of nitrogens with zero attached hydrogens (tertiary/aromatic N) is 2. The Morgan fingerprint density at radius 3 is 2.60 bits per heavy atom. The Morgan fingerprint density at radius 1 is 1.00 bits per heavy atom. The van der Waals surface area contributed by atoms with Crippen LogP contribution in [0.2, 0.25) is 0 Å². The summed E-state index contributed by atoms with van der Waals surface area (Å²) >= 11 is 0. The van der Waals surface area contributed by atoms with Gasteiger partial charge in [-0.15, -0.1) is 0 Å². The number of carbonyl (C=O) groups excluding carboxylic acids is 3. The molecule has 9 nitrogen and oxygen atoms in total. The third-order valence-electron chi connectivity index (χ3n) is 7.69. The average Bonchev–Trinajstić information content (AvgIpc) is 3.25. The Kier molecular flexibility index (Phi) is 7.02. The van der Waals surface area contributed by atoms with Gasteiger partial charge in [-0.3, -0.25) is 19.3 Å². The predicted octanol–water partition coefficient (Wildman–Crippen LogP) is 3.66. The molecular formula is C31H31N3O6. The normalized spacial score (nSPS) is 19.8. The number of fused-ring (bicyclic) bond motifs is 2. The smallest absolute Gasteiger partial charge is 0.263 e. The van der Waals surface area contributed by atoms with E-state index in [0.29, 0.717) is 47.9 Å². The Hall–Kier alpha value is -4.53. The van der Waals surface area contributed by atoms with Crippen molar-refractivity contribution in [2.24, 2.45) is 5.92 Å². The minimum atomic E-state index is -0.464. The number of hydrogen-bond donors (Lipinski definition) is 1. The maximum atomic E-state index is 13.6. The van der Waals surface area contributed by atoms with Crippen molar-refractivity contribution in [3.05, 3.63) is 83.4 Å². The highest BCUT2D eigenvalue weighted by Crippen LogP contribution is 2.36. The summed E-state index contributed by atoms with van der Waals surface area (Å²) in [5, 5.41) is 3.04. The number of para-hydroxylation sites is 2. The lowest BCUT2D eigenvalue weighted by molar-refractivity contribution is -0.125.